The first-order valence-electron chi connectivity index (χ1n) is 14.4. The lowest BCUT2D eigenvalue weighted by molar-refractivity contribution is -0.145. The summed E-state index contributed by atoms with van der Waals surface area (Å²) in [4.78, 5) is 48.5. The third-order valence-electron chi connectivity index (χ3n) is 8.49. The summed E-state index contributed by atoms with van der Waals surface area (Å²) in [5, 5.41) is 17.0. The Bertz CT molecular complexity index is 1400. The van der Waals surface area contributed by atoms with Crippen molar-refractivity contribution in [1.82, 2.24) is 30.2 Å². The number of aromatic amines is 1. The number of aliphatic carboxylic acids is 1. The van der Waals surface area contributed by atoms with Gasteiger partial charge in [-0.2, -0.15) is 0 Å². The Morgan fingerprint density at radius 2 is 1.78 bits per heavy atom. The summed E-state index contributed by atoms with van der Waals surface area (Å²) in [5.74, 6) is -1.76. The van der Waals surface area contributed by atoms with Gasteiger partial charge in [-0.25, -0.2) is 9.37 Å². The van der Waals surface area contributed by atoms with Gasteiger partial charge in [0.1, 0.15) is 29.2 Å². The molecule has 1 saturated carbocycles. The first-order valence-corrected chi connectivity index (χ1v) is 14.4. The molecule has 11 nitrogen and oxygen atoms in total. The number of fused-ring (bicyclic) bond motifs is 1. The van der Waals surface area contributed by atoms with E-state index in [1.54, 1.807) is 22.8 Å². The lowest BCUT2D eigenvalue weighted by Gasteiger charge is -2.37. The first kappa shape index (κ1) is 28.7. The fourth-order valence-corrected chi connectivity index (χ4v) is 6.18. The van der Waals surface area contributed by atoms with E-state index in [-0.39, 0.29) is 28.8 Å². The van der Waals surface area contributed by atoms with Crippen LogP contribution in [0.1, 0.15) is 91.4 Å². The molecular weight excluding hydrogens is 531 g/mol. The van der Waals surface area contributed by atoms with Crippen LogP contribution in [0.3, 0.4) is 0 Å². The van der Waals surface area contributed by atoms with Crippen LogP contribution in [0.25, 0.3) is 11.0 Å². The topological polar surface area (TPSA) is 145 Å². The van der Waals surface area contributed by atoms with Crippen LogP contribution >= 0.6 is 0 Å². The number of nitrogens with one attached hydrogen (secondary N) is 2. The molecule has 41 heavy (non-hydrogen) atoms. The number of hydrogen-bond acceptors (Lipinski definition) is 7. The highest BCUT2D eigenvalue weighted by Crippen LogP contribution is 2.35. The van der Waals surface area contributed by atoms with Crippen molar-refractivity contribution < 1.29 is 28.4 Å². The van der Waals surface area contributed by atoms with Crippen molar-refractivity contribution in [3.05, 3.63) is 46.9 Å². The molecule has 0 bridgehead atoms. The molecule has 1 saturated heterocycles. The zero-order valence-electron chi connectivity index (χ0n) is 23.5. The Kier molecular flexibility index (Phi) is 8.67. The third kappa shape index (κ3) is 6.12. The number of carboxylic acids is 1. The molecule has 1 aliphatic carbocycles. The van der Waals surface area contributed by atoms with Gasteiger partial charge < -0.3 is 24.8 Å². The Morgan fingerprint density at radius 3 is 2.39 bits per heavy atom. The molecule has 3 N–H and O–H groups in total. The van der Waals surface area contributed by atoms with Crippen LogP contribution in [-0.2, 0) is 9.59 Å². The van der Waals surface area contributed by atoms with Crippen LogP contribution in [0.2, 0.25) is 0 Å². The third-order valence-corrected chi connectivity index (χ3v) is 8.49. The first-order chi connectivity index (χ1) is 19.7. The van der Waals surface area contributed by atoms with Gasteiger partial charge in [0.05, 0.1) is 17.3 Å². The van der Waals surface area contributed by atoms with E-state index >= 15 is 4.39 Å². The molecule has 5 rings (SSSR count). The Balaban J connectivity index is 1.47. The Morgan fingerprint density at radius 1 is 1.10 bits per heavy atom. The van der Waals surface area contributed by atoms with Crippen molar-refractivity contribution in [3.8, 4) is 0 Å². The highest BCUT2D eigenvalue weighted by Gasteiger charge is 2.35. The number of halogens is 1. The van der Waals surface area contributed by atoms with Gasteiger partial charge in [0.2, 0.25) is 5.91 Å². The summed E-state index contributed by atoms with van der Waals surface area (Å²) in [7, 11) is 0. The second-order valence-electron chi connectivity index (χ2n) is 11.1. The quantitative estimate of drug-likeness (QED) is 0.386. The van der Waals surface area contributed by atoms with Gasteiger partial charge in [0, 0.05) is 38.7 Å². The van der Waals surface area contributed by atoms with Crippen LogP contribution in [0.5, 0.6) is 0 Å². The number of nitrogens with zero attached hydrogens (tertiary/aromatic N) is 4. The summed E-state index contributed by atoms with van der Waals surface area (Å²) < 4.78 is 21.0. The van der Waals surface area contributed by atoms with Crippen molar-refractivity contribution in [2.24, 2.45) is 5.92 Å². The summed E-state index contributed by atoms with van der Waals surface area (Å²) in [5.41, 5.74) is 1.30. The zero-order chi connectivity index (χ0) is 29.1. The Hall–Kier alpha value is -3.80. The number of carbonyl (C=O) groups is 3. The van der Waals surface area contributed by atoms with E-state index in [1.165, 1.54) is 25.7 Å². The minimum atomic E-state index is -1.22. The lowest BCUT2D eigenvalue weighted by atomic mass is 9.85. The number of piperazine rings is 1. The average Bonchev–Trinajstić information content (AvgIpc) is 3.56. The molecule has 2 aromatic heterocycles. The summed E-state index contributed by atoms with van der Waals surface area (Å²) in [6, 6.07) is 1.42. The largest absolute Gasteiger partial charge is 0.480 e. The van der Waals surface area contributed by atoms with Gasteiger partial charge in [-0.05, 0) is 31.7 Å². The molecule has 3 aromatic rings. The van der Waals surface area contributed by atoms with Crippen LogP contribution in [0, 0.1) is 18.7 Å². The molecule has 2 amide bonds. The van der Waals surface area contributed by atoms with Crippen LogP contribution in [0.15, 0.2) is 22.9 Å². The van der Waals surface area contributed by atoms with Gasteiger partial charge in [-0.1, -0.05) is 43.3 Å². The predicted molar refractivity (Wildman–Crippen MR) is 148 cm³/mol. The standard InChI is InChI=1S/C29H37FN6O5/c1-17-21(16-41-34-17)28(38)33-24(19-8-6-4-3-5-7-9-19)27-31-22-11-10-20(23(30)25(22)32-27)26(29(39)40)36-14-12-35(13-15-36)18(2)37/h10-11,16,19,24,26H,3-9,12-15H2,1-2H3,(H,31,32)(H,33,38)(H,39,40)/t24-,26-/m0/s1. The van der Waals surface area contributed by atoms with Crippen molar-refractivity contribution in [1.29, 1.82) is 0 Å². The van der Waals surface area contributed by atoms with E-state index in [0.29, 0.717) is 48.8 Å². The van der Waals surface area contributed by atoms with E-state index in [9.17, 15) is 19.5 Å². The maximum atomic E-state index is 16.1. The van der Waals surface area contributed by atoms with Crippen molar-refractivity contribution in [3.63, 3.8) is 0 Å². The fraction of sp³-hybridized carbons (Fsp3) is 0.552. The lowest BCUT2D eigenvalue weighted by Crippen LogP contribution is -2.50. The number of carbonyl (C=O) groups excluding carboxylic acids is 2. The van der Waals surface area contributed by atoms with Crippen molar-refractivity contribution in [2.45, 2.75) is 70.9 Å². The van der Waals surface area contributed by atoms with Gasteiger partial charge in [-0.15, -0.1) is 0 Å². The molecule has 1 aliphatic heterocycles. The maximum absolute atomic E-state index is 16.1. The fourth-order valence-electron chi connectivity index (χ4n) is 6.18. The molecule has 0 unspecified atom stereocenters. The number of imidazole rings is 1. The van der Waals surface area contributed by atoms with E-state index in [2.05, 4.69) is 20.4 Å². The molecule has 2 aliphatic rings. The second-order valence-corrected chi connectivity index (χ2v) is 11.1. The Labute approximate surface area is 237 Å². The second kappa shape index (κ2) is 12.4. The number of carboxylic acid groups (broad SMARTS) is 1. The smallest absolute Gasteiger partial charge is 0.325 e. The number of aromatic nitrogens is 3. The molecule has 2 fully saturated rings. The molecule has 12 heteroatoms. The normalized spacial score (nSPS) is 19.0. The van der Waals surface area contributed by atoms with E-state index in [0.717, 1.165) is 38.5 Å². The van der Waals surface area contributed by atoms with Crippen molar-refractivity contribution in [2.75, 3.05) is 26.2 Å². The summed E-state index contributed by atoms with van der Waals surface area (Å²) in [6.45, 7) is 4.57. The SMILES string of the molecule is CC(=O)N1CCN([C@H](C(=O)O)c2ccc3[nH]c([C@@H](NC(=O)c4conc4C)C4CCCCCCC4)nc3c2F)CC1. The molecular formula is C29H37FN6O5. The highest BCUT2D eigenvalue weighted by molar-refractivity contribution is 5.95. The van der Waals surface area contributed by atoms with E-state index < -0.39 is 23.9 Å². The average molecular weight is 569 g/mol. The van der Waals surface area contributed by atoms with E-state index in [4.69, 9.17) is 4.52 Å². The van der Waals surface area contributed by atoms with Crippen LogP contribution < -0.4 is 5.32 Å². The molecule has 0 radical (unpaired) electrons. The van der Waals surface area contributed by atoms with Crippen molar-refractivity contribution >= 4 is 28.8 Å². The van der Waals surface area contributed by atoms with E-state index in [1.807, 2.05) is 0 Å². The minimum Gasteiger partial charge on any atom is -0.480 e. The monoisotopic (exact) mass is 568 g/mol. The number of aryl methyl sites for hydroxylation is 1. The number of rotatable bonds is 7. The molecule has 0 spiro atoms. The van der Waals surface area contributed by atoms with Gasteiger partial charge in [-0.3, -0.25) is 19.3 Å². The summed E-state index contributed by atoms with van der Waals surface area (Å²) in [6.07, 6.45) is 8.59. The molecule has 1 aromatic carbocycles. The highest BCUT2D eigenvalue weighted by atomic mass is 19.1. The number of hydrogen-bond donors (Lipinski definition) is 3. The maximum Gasteiger partial charge on any atom is 0.325 e. The number of benzene rings is 1. The number of amides is 2. The minimum absolute atomic E-state index is 0.0194. The van der Waals surface area contributed by atoms with Crippen LogP contribution in [0.4, 0.5) is 4.39 Å². The summed E-state index contributed by atoms with van der Waals surface area (Å²) >= 11 is 0. The van der Waals surface area contributed by atoms with Crippen LogP contribution in [-0.4, -0.2) is 74.0 Å². The van der Waals surface area contributed by atoms with Gasteiger partial charge >= 0.3 is 5.97 Å². The molecule has 3 heterocycles. The zero-order valence-corrected chi connectivity index (χ0v) is 23.5. The van der Waals surface area contributed by atoms with Gasteiger partial charge in [0.15, 0.2) is 5.82 Å². The van der Waals surface area contributed by atoms with Gasteiger partial charge in [0.25, 0.3) is 5.91 Å². The molecule has 2 atom stereocenters. The predicted octanol–water partition coefficient (Wildman–Crippen LogP) is 4.12. The molecule has 220 valence electrons. The number of H-pyrrole nitrogens is 1.